The zero-order valence-corrected chi connectivity index (χ0v) is 11.8. The Morgan fingerprint density at radius 1 is 1.19 bits per heavy atom. The molecule has 0 saturated carbocycles. The van der Waals surface area contributed by atoms with E-state index in [-0.39, 0.29) is 6.61 Å². The number of rotatable bonds is 3. The quantitative estimate of drug-likeness (QED) is 0.880. The normalized spacial score (nSPS) is 17.5. The molecule has 3 nitrogen and oxygen atoms in total. The van der Waals surface area contributed by atoms with Crippen molar-refractivity contribution in [3.05, 3.63) is 42.0 Å². The molecule has 0 radical (unpaired) electrons. The molecule has 0 amide bonds. The number of aliphatic hydroxyl groups is 1. The summed E-state index contributed by atoms with van der Waals surface area (Å²) < 4.78 is 11.2. The van der Waals surface area contributed by atoms with E-state index in [1.807, 2.05) is 36.4 Å². The highest BCUT2D eigenvalue weighted by molar-refractivity contribution is 5.85. The minimum Gasteiger partial charge on any atom is -0.493 e. The number of aliphatic hydroxyl groups excluding tert-OH is 1. The Bertz CT molecular complexity index is 676. The summed E-state index contributed by atoms with van der Waals surface area (Å²) in [6.07, 6.45) is 1.08. The smallest absolute Gasteiger partial charge is 0.119 e. The lowest BCUT2D eigenvalue weighted by molar-refractivity contribution is 0.167. The molecule has 1 aliphatic rings. The van der Waals surface area contributed by atoms with Crippen molar-refractivity contribution in [2.24, 2.45) is 5.92 Å². The predicted molar refractivity (Wildman–Crippen MR) is 82.3 cm³/mol. The van der Waals surface area contributed by atoms with E-state index in [0.29, 0.717) is 12.5 Å². The van der Waals surface area contributed by atoms with Crippen LogP contribution in [0.3, 0.4) is 0 Å². The average Bonchev–Trinajstić information content (AvgIpc) is 3.04. The summed E-state index contributed by atoms with van der Waals surface area (Å²) >= 11 is 0. The van der Waals surface area contributed by atoms with Gasteiger partial charge < -0.3 is 14.6 Å². The minimum absolute atomic E-state index is 0.115. The molecule has 0 spiro atoms. The first-order valence-electron chi connectivity index (χ1n) is 7.19. The zero-order valence-electron chi connectivity index (χ0n) is 11.8. The van der Waals surface area contributed by atoms with Crippen molar-refractivity contribution < 1.29 is 14.6 Å². The van der Waals surface area contributed by atoms with E-state index in [1.165, 1.54) is 0 Å². The third kappa shape index (κ3) is 3.55. The predicted octanol–water partition coefficient (Wildman–Crippen LogP) is 2.60. The summed E-state index contributed by atoms with van der Waals surface area (Å²) in [6.45, 7) is 2.26. The Morgan fingerprint density at radius 3 is 2.86 bits per heavy atom. The van der Waals surface area contributed by atoms with Gasteiger partial charge >= 0.3 is 0 Å². The van der Waals surface area contributed by atoms with E-state index >= 15 is 0 Å². The Kier molecular flexibility index (Phi) is 4.40. The molecule has 2 aromatic rings. The van der Waals surface area contributed by atoms with Crippen LogP contribution >= 0.6 is 0 Å². The van der Waals surface area contributed by atoms with Crippen LogP contribution in [0.15, 0.2) is 36.4 Å². The van der Waals surface area contributed by atoms with E-state index in [4.69, 9.17) is 14.6 Å². The SMILES string of the molecule is OCC#Cc1ccc2cc(OCC3CCOC3)ccc2c1. The third-order valence-corrected chi connectivity index (χ3v) is 3.63. The van der Waals surface area contributed by atoms with Crippen LogP contribution < -0.4 is 4.74 Å². The highest BCUT2D eigenvalue weighted by Crippen LogP contribution is 2.23. The molecule has 1 fully saturated rings. The van der Waals surface area contributed by atoms with Gasteiger partial charge in [-0.25, -0.2) is 0 Å². The second kappa shape index (κ2) is 6.62. The molecule has 3 rings (SSSR count). The lowest BCUT2D eigenvalue weighted by atomic mass is 10.1. The maximum Gasteiger partial charge on any atom is 0.119 e. The molecule has 1 atom stereocenters. The fraction of sp³-hybridized carbons (Fsp3) is 0.333. The average molecular weight is 282 g/mol. The summed E-state index contributed by atoms with van der Waals surface area (Å²) in [5.74, 6) is 6.98. The molecule has 0 aliphatic carbocycles. The first-order valence-corrected chi connectivity index (χ1v) is 7.19. The first kappa shape index (κ1) is 13.9. The van der Waals surface area contributed by atoms with Crippen molar-refractivity contribution in [2.75, 3.05) is 26.4 Å². The van der Waals surface area contributed by atoms with Gasteiger partial charge in [-0.1, -0.05) is 24.0 Å². The van der Waals surface area contributed by atoms with Crippen LogP contribution in [0.4, 0.5) is 0 Å². The summed E-state index contributed by atoms with van der Waals surface area (Å²) in [7, 11) is 0. The van der Waals surface area contributed by atoms with Gasteiger partial charge in [-0.05, 0) is 41.5 Å². The highest BCUT2D eigenvalue weighted by atomic mass is 16.5. The molecule has 3 heteroatoms. The monoisotopic (exact) mass is 282 g/mol. The van der Waals surface area contributed by atoms with E-state index in [1.54, 1.807) is 0 Å². The topological polar surface area (TPSA) is 38.7 Å². The summed E-state index contributed by atoms with van der Waals surface area (Å²) in [4.78, 5) is 0. The van der Waals surface area contributed by atoms with Gasteiger partial charge in [-0.3, -0.25) is 0 Å². The van der Waals surface area contributed by atoms with Crippen LogP contribution in [0.1, 0.15) is 12.0 Å². The van der Waals surface area contributed by atoms with Gasteiger partial charge in [0.05, 0.1) is 13.2 Å². The van der Waals surface area contributed by atoms with Crippen molar-refractivity contribution in [2.45, 2.75) is 6.42 Å². The van der Waals surface area contributed by atoms with Crippen LogP contribution in [-0.4, -0.2) is 31.5 Å². The van der Waals surface area contributed by atoms with Gasteiger partial charge in [-0.15, -0.1) is 0 Å². The molecule has 1 unspecified atom stereocenters. The molecule has 1 N–H and O–H groups in total. The van der Waals surface area contributed by atoms with Crippen molar-refractivity contribution in [3.8, 4) is 17.6 Å². The molecule has 1 heterocycles. The van der Waals surface area contributed by atoms with Gasteiger partial charge in [0.25, 0.3) is 0 Å². The second-order valence-electron chi connectivity index (χ2n) is 5.22. The Hall–Kier alpha value is -2.02. The maximum atomic E-state index is 8.73. The molecule has 1 aliphatic heterocycles. The van der Waals surface area contributed by atoms with E-state index in [9.17, 15) is 0 Å². The summed E-state index contributed by atoms with van der Waals surface area (Å²) in [6, 6.07) is 12.1. The zero-order chi connectivity index (χ0) is 14.5. The highest BCUT2D eigenvalue weighted by Gasteiger charge is 2.16. The van der Waals surface area contributed by atoms with Crippen molar-refractivity contribution >= 4 is 10.8 Å². The van der Waals surface area contributed by atoms with Crippen molar-refractivity contribution in [1.29, 1.82) is 0 Å². The molecular weight excluding hydrogens is 264 g/mol. The number of ether oxygens (including phenoxy) is 2. The fourth-order valence-electron chi connectivity index (χ4n) is 2.46. The Balaban J connectivity index is 1.73. The standard InChI is InChI=1S/C18H18O3/c19-8-1-2-14-3-4-17-11-18(6-5-16(17)10-14)21-13-15-7-9-20-12-15/h3-6,10-11,15,19H,7-9,12-13H2. The molecular formula is C18H18O3. The fourth-order valence-corrected chi connectivity index (χ4v) is 2.46. The van der Waals surface area contributed by atoms with Crippen LogP contribution in [0.25, 0.3) is 10.8 Å². The van der Waals surface area contributed by atoms with Gasteiger partial charge in [0.1, 0.15) is 12.4 Å². The largest absolute Gasteiger partial charge is 0.493 e. The lowest BCUT2D eigenvalue weighted by Crippen LogP contribution is -2.11. The van der Waals surface area contributed by atoms with Crippen LogP contribution in [0.2, 0.25) is 0 Å². The number of benzene rings is 2. The van der Waals surface area contributed by atoms with Gasteiger partial charge in [-0.2, -0.15) is 0 Å². The number of hydrogen-bond acceptors (Lipinski definition) is 3. The summed E-state index contributed by atoms with van der Waals surface area (Å²) in [5.41, 5.74) is 0.910. The molecule has 1 saturated heterocycles. The van der Waals surface area contributed by atoms with Crippen molar-refractivity contribution in [3.63, 3.8) is 0 Å². The molecule has 0 bridgehead atoms. The van der Waals surface area contributed by atoms with Crippen LogP contribution in [-0.2, 0) is 4.74 Å². The lowest BCUT2D eigenvalue weighted by Gasteiger charge is -2.11. The van der Waals surface area contributed by atoms with Gasteiger partial charge in [0.2, 0.25) is 0 Å². The van der Waals surface area contributed by atoms with Gasteiger partial charge in [0.15, 0.2) is 0 Å². The van der Waals surface area contributed by atoms with E-state index in [2.05, 4.69) is 11.8 Å². The molecule has 2 aromatic carbocycles. The molecule has 21 heavy (non-hydrogen) atoms. The Morgan fingerprint density at radius 2 is 2.05 bits per heavy atom. The Labute approximate surface area is 124 Å². The van der Waals surface area contributed by atoms with Crippen LogP contribution in [0.5, 0.6) is 5.75 Å². The molecule has 0 aromatic heterocycles. The minimum atomic E-state index is -0.115. The first-order chi connectivity index (χ1) is 10.3. The number of fused-ring (bicyclic) bond motifs is 1. The van der Waals surface area contributed by atoms with Gasteiger partial charge in [0, 0.05) is 18.1 Å². The number of hydrogen-bond donors (Lipinski definition) is 1. The summed E-state index contributed by atoms with van der Waals surface area (Å²) in [5, 5.41) is 11.0. The maximum absolute atomic E-state index is 8.73. The van der Waals surface area contributed by atoms with E-state index < -0.39 is 0 Å². The second-order valence-corrected chi connectivity index (χ2v) is 5.22. The van der Waals surface area contributed by atoms with E-state index in [0.717, 1.165) is 41.7 Å². The third-order valence-electron chi connectivity index (χ3n) is 3.63. The van der Waals surface area contributed by atoms with Crippen LogP contribution in [0, 0.1) is 17.8 Å². The van der Waals surface area contributed by atoms with Crippen molar-refractivity contribution in [1.82, 2.24) is 0 Å². The molecule has 108 valence electrons.